The van der Waals surface area contributed by atoms with Gasteiger partial charge in [0.25, 0.3) is 5.91 Å². The molecule has 1 aliphatic carbocycles. The molecule has 0 aliphatic heterocycles. The van der Waals surface area contributed by atoms with E-state index in [1.807, 2.05) is 6.07 Å². The molecule has 1 aromatic rings. The first-order valence-electron chi connectivity index (χ1n) is 5.69. The summed E-state index contributed by atoms with van der Waals surface area (Å²) in [5.41, 5.74) is 0.438. The Morgan fingerprint density at radius 1 is 1.59 bits per heavy atom. The van der Waals surface area contributed by atoms with Crippen LogP contribution in [0.4, 0.5) is 0 Å². The lowest BCUT2D eigenvalue weighted by atomic mass is 10.1. The molecule has 92 valence electrons. The Morgan fingerprint density at radius 2 is 2.41 bits per heavy atom. The molecule has 1 N–H and O–H groups in total. The molecule has 17 heavy (non-hydrogen) atoms. The molecule has 2 unspecified atom stereocenters. The van der Waals surface area contributed by atoms with Gasteiger partial charge in [-0.2, -0.15) is 0 Å². The molecule has 5 heteroatoms. The first-order chi connectivity index (χ1) is 8.16. The molecule has 0 radical (unpaired) electrons. The van der Waals surface area contributed by atoms with E-state index >= 15 is 0 Å². The van der Waals surface area contributed by atoms with E-state index in [9.17, 15) is 4.79 Å². The maximum Gasteiger partial charge on any atom is 0.271 e. The highest BCUT2D eigenvalue weighted by molar-refractivity contribution is 9.10. The summed E-state index contributed by atoms with van der Waals surface area (Å²) in [7, 11) is 0. The molecule has 2 atom stereocenters. The summed E-state index contributed by atoms with van der Waals surface area (Å²) in [6, 6.07) is 3.60. The maximum atomic E-state index is 11.9. The van der Waals surface area contributed by atoms with Crippen LogP contribution < -0.4 is 5.32 Å². The van der Waals surface area contributed by atoms with E-state index in [-0.39, 0.29) is 11.3 Å². The van der Waals surface area contributed by atoms with Crippen molar-refractivity contribution in [2.75, 3.05) is 6.54 Å². The van der Waals surface area contributed by atoms with E-state index in [4.69, 9.17) is 11.6 Å². The lowest BCUT2D eigenvalue weighted by Crippen LogP contribution is -2.29. The van der Waals surface area contributed by atoms with Gasteiger partial charge >= 0.3 is 0 Å². The minimum absolute atomic E-state index is 0.129. The summed E-state index contributed by atoms with van der Waals surface area (Å²) in [6.45, 7) is 0.686. The molecule has 3 nitrogen and oxygen atoms in total. The van der Waals surface area contributed by atoms with E-state index in [1.165, 1.54) is 0 Å². The number of carbonyl (C=O) groups excluding carboxylic acids is 1. The average molecular weight is 318 g/mol. The number of nitrogens with one attached hydrogen (secondary N) is 1. The van der Waals surface area contributed by atoms with Crippen molar-refractivity contribution in [3.05, 3.63) is 28.5 Å². The smallest absolute Gasteiger partial charge is 0.271 e. The van der Waals surface area contributed by atoms with Gasteiger partial charge in [-0.25, -0.2) is 4.98 Å². The Bertz CT molecular complexity index is 413. The van der Waals surface area contributed by atoms with Gasteiger partial charge in [-0.3, -0.25) is 4.79 Å². The number of amides is 1. The summed E-state index contributed by atoms with van der Waals surface area (Å²) in [5.74, 6) is 0.374. The molecule has 1 aromatic heterocycles. The molecule has 1 fully saturated rings. The third-order valence-corrected chi connectivity index (χ3v) is 4.04. The highest BCUT2D eigenvalue weighted by Gasteiger charge is 2.23. The van der Waals surface area contributed by atoms with Gasteiger partial charge in [0, 0.05) is 22.6 Å². The zero-order chi connectivity index (χ0) is 12.3. The van der Waals surface area contributed by atoms with Crippen molar-refractivity contribution in [2.24, 2.45) is 5.92 Å². The number of hydrogen-bond donors (Lipinski definition) is 1. The third kappa shape index (κ3) is 3.42. The second-order valence-electron chi connectivity index (χ2n) is 4.32. The molecular weight excluding hydrogens is 304 g/mol. The zero-order valence-electron chi connectivity index (χ0n) is 9.33. The lowest BCUT2D eigenvalue weighted by Gasteiger charge is -2.10. The van der Waals surface area contributed by atoms with Gasteiger partial charge in [-0.05, 0) is 53.2 Å². The molecule has 2 rings (SSSR count). The normalized spacial score (nSPS) is 23.6. The van der Waals surface area contributed by atoms with Crippen molar-refractivity contribution in [3.63, 3.8) is 0 Å². The Labute approximate surface area is 114 Å². The van der Waals surface area contributed by atoms with Crippen LogP contribution in [-0.2, 0) is 0 Å². The van der Waals surface area contributed by atoms with Gasteiger partial charge in [-0.1, -0.05) is 0 Å². The highest BCUT2D eigenvalue weighted by atomic mass is 79.9. The number of pyridine rings is 1. The van der Waals surface area contributed by atoms with Gasteiger partial charge in [0.2, 0.25) is 0 Å². The van der Waals surface area contributed by atoms with Crippen molar-refractivity contribution >= 4 is 33.4 Å². The van der Waals surface area contributed by atoms with E-state index in [1.54, 1.807) is 12.3 Å². The molecule has 1 saturated carbocycles. The van der Waals surface area contributed by atoms with Gasteiger partial charge in [0.15, 0.2) is 0 Å². The van der Waals surface area contributed by atoms with Gasteiger partial charge < -0.3 is 5.32 Å². The van der Waals surface area contributed by atoms with Crippen LogP contribution >= 0.6 is 27.5 Å². The monoisotopic (exact) mass is 316 g/mol. The quantitative estimate of drug-likeness (QED) is 0.871. The topological polar surface area (TPSA) is 42.0 Å². The van der Waals surface area contributed by atoms with Crippen LogP contribution in [0.25, 0.3) is 0 Å². The molecule has 0 bridgehead atoms. The van der Waals surface area contributed by atoms with Crippen molar-refractivity contribution in [2.45, 2.75) is 24.6 Å². The number of carbonyl (C=O) groups is 1. The first kappa shape index (κ1) is 12.8. The van der Waals surface area contributed by atoms with Crippen molar-refractivity contribution in [1.29, 1.82) is 0 Å². The molecule has 0 saturated heterocycles. The molecule has 1 amide bonds. The summed E-state index contributed by atoms with van der Waals surface area (Å²) >= 11 is 9.35. The summed E-state index contributed by atoms with van der Waals surface area (Å²) < 4.78 is 0.721. The summed E-state index contributed by atoms with van der Waals surface area (Å²) in [4.78, 5) is 15.9. The standard InChI is InChI=1S/C12H14BrClN2O/c13-10-2-1-5-15-11(10)12(17)16-7-8-3-4-9(14)6-8/h1-2,5,8-9H,3-4,6-7H2,(H,16,17). The SMILES string of the molecule is O=C(NCC1CCC(Cl)C1)c1ncccc1Br. The van der Waals surface area contributed by atoms with Crippen LogP contribution in [0.15, 0.2) is 22.8 Å². The minimum Gasteiger partial charge on any atom is -0.350 e. The van der Waals surface area contributed by atoms with Crippen LogP contribution in [-0.4, -0.2) is 22.8 Å². The largest absolute Gasteiger partial charge is 0.350 e. The Balaban J connectivity index is 1.88. The minimum atomic E-state index is -0.129. The number of halogens is 2. The second-order valence-corrected chi connectivity index (χ2v) is 5.79. The summed E-state index contributed by atoms with van der Waals surface area (Å²) in [6.07, 6.45) is 4.75. The van der Waals surface area contributed by atoms with E-state index < -0.39 is 0 Å². The van der Waals surface area contributed by atoms with E-state index in [0.717, 1.165) is 23.7 Å². The highest BCUT2D eigenvalue weighted by Crippen LogP contribution is 2.28. The molecule has 0 aromatic carbocycles. The van der Waals surface area contributed by atoms with Crippen LogP contribution in [0.1, 0.15) is 29.8 Å². The average Bonchev–Trinajstić information content (AvgIpc) is 2.73. The van der Waals surface area contributed by atoms with Crippen LogP contribution in [0, 0.1) is 5.92 Å². The van der Waals surface area contributed by atoms with Crippen LogP contribution in [0.2, 0.25) is 0 Å². The molecule has 0 spiro atoms. The fourth-order valence-electron chi connectivity index (χ4n) is 2.07. The molecule has 1 heterocycles. The van der Waals surface area contributed by atoms with Crippen molar-refractivity contribution in [3.8, 4) is 0 Å². The van der Waals surface area contributed by atoms with Crippen molar-refractivity contribution in [1.82, 2.24) is 10.3 Å². The predicted molar refractivity (Wildman–Crippen MR) is 71.3 cm³/mol. The number of aromatic nitrogens is 1. The zero-order valence-corrected chi connectivity index (χ0v) is 11.7. The van der Waals surface area contributed by atoms with Gasteiger partial charge in [-0.15, -0.1) is 11.6 Å². The molecule has 1 aliphatic rings. The first-order valence-corrected chi connectivity index (χ1v) is 6.92. The van der Waals surface area contributed by atoms with Gasteiger partial charge in [0.05, 0.1) is 0 Å². The Kier molecular flexibility index (Phi) is 4.40. The fourth-order valence-corrected chi connectivity index (χ4v) is 2.89. The van der Waals surface area contributed by atoms with E-state index in [2.05, 4.69) is 26.2 Å². The predicted octanol–water partition coefficient (Wildman–Crippen LogP) is 2.98. The lowest BCUT2D eigenvalue weighted by molar-refractivity contribution is 0.0941. The number of alkyl halides is 1. The third-order valence-electron chi connectivity index (χ3n) is 3.00. The Morgan fingerprint density at radius 3 is 3.06 bits per heavy atom. The maximum absolute atomic E-state index is 11.9. The number of rotatable bonds is 3. The van der Waals surface area contributed by atoms with Crippen LogP contribution in [0.3, 0.4) is 0 Å². The fraction of sp³-hybridized carbons (Fsp3) is 0.500. The number of hydrogen-bond acceptors (Lipinski definition) is 2. The van der Waals surface area contributed by atoms with Gasteiger partial charge in [0.1, 0.15) is 5.69 Å². The Hall–Kier alpha value is -0.610. The summed E-state index contributed by atoms with van der Waals surface area (Å²) in [5, 5.41) is 3.19. The van der Waals surface area contributed by atoms with E-state index in [0.29, 0.717) is 18.2 Å². The number of nitrogens with zero attached hydrogens (tertiary/aromatic N) is 1. The van der Waals surface area contributed by atoms with Crippen LogP contribution in [0.5, 0.6) is 0 Å². The molecular formula is C12H14BrClN2O. The van der Waals surface area contributed by atoms with Crippen molar-refractivity contribution < 1.29 is 4.79 Å². The second kappa shape index (κ2) is 5.83.